The summed E-state index contributed by atoms with van der Waals surface area (Å²) in [5.41, 5.74) is 0.640. The number of non-ortho nitro benzene ring substituents is 1. The highest BCUT2D eigenvalue weighted by Crippen LogP contribution is 2.37. The molecular formula is C27H25FN6O7S. The van der Waals surface area contributed by atoms with Crippen LogP contribution in [-0.4, -0.2) is 64.6 Å². The van der Waals surface area contributed by atoms with Gasteiger partial charge in [-0.25, -0.2) is 12.8 Å². The summed E-state index contributed by atoms with van der Waals surface area (Å²) in [4.78, 5) is 27.6. The lowest BCUT2D eigenvalue weighted by Gasteiger charge is -2.26. The zero-order valence-corrected chi connectivity index (χ0v) is 23.1. The van der Waals surface area contributed by atoms with Gasteiger partial charge in [0.2, 0.25) is 15.9 Å². The van der Waals surface area contributed by atoms with E-state index in [2.05, 4.69) is 15.4 Å². The average Bonchev–Trinajstić information content (AvgIpc) is 3.32. The molecule has 3 heterocycles. The van der Waals surface area contributed by atoms with Gasteiger partial charge in [-0.15, -0.1) is 0 Å². The number of rotatable bonds is 9. The van der Waals surface area contributed by atoms with E-state index >= 15 is 0 Å². The van der Waals surface area contributed by atoms with Gasteiger partial charge in [0.05, 0.1) is 23.8 Å². The van der Waals surface area contributed by atoms with Crippen molar-refractivity contribution in [2.75, 3.05) is 26.3 Å². The molecule has 1 fully saturated rings. The molecule has 42 heavy (non-hydrogen) atoms. The first-order valence-electron chi connectivity index (χ1n) is 12.7. The number of hydrogen-bond acceptors (Lipinski definition) is 9. The third kappa shape index (κ3) is 5.97. The lowest BCUT2D eigenvalue weighted by atomic mass is 10.2. The van der Waals surface area contributed by atoms with E-state index in [4.69, 9.17) is 9.47 Å². The summed E-state index contributed by atoms with van der Waals surface area (Å²) in [6.07, 6.45) is 3.20. The summed E-state index contributed by atoms with van der Waals surface area (Å²) in [5.74, 6) is -1.48. The monoisotopic (exact) mass is 596 g/mol. The highest BCUT2D eigenvalue weighted by atomic mass is 32.2. The number of carbonyl (C=O) groups excluding carboxylic acids is 1. The molecule has 4 aromatic rings. The van der Waals surface area contributed by atoms with Crippen molar-refractivity contribution in [1.29, 1.82) is 0 Å². The van der Waals surface area contributed by atoms with Crippen LogP contribution in [-0.2, 0) is 21.3 Å². The number of aromatic nitrogens is 3. The molecule has 1 N–H and O–H groups in total. The fourth-order valence-electron chi connectivity index (χ4n) is 4.29. The maximum absolute atomic E-state index is 14.2. The third-order valence-electron chi connectivity index (χ3n) is 6.44. The van der Waals surface area contributed by atoms with Crippen LogP contribution in [0.25, 0.3) is 5.69 Å². The number of benzene rings is 2. The molecule has 218 valence electrons. The van der Waals surface area contributed by atoms with Gasteiger partial charge in [0.15, 0.2) is 5.69 Å². The number of nitrogens with zero attached hydrogens (tertiary/aromatic N) is 5. The summed E-state index contributed by atoms with van der Waals surface area (Å²) in [6, 6.07) is 12.1. The Morgan fingerprint density at radius 1 is 1.17 bits per heavy atom. The van der Waals surface area contributed by atoms with Crippen LogP contribution in [0.3, 0.4) is 0 Å². The van der Waals surface area contributed by atoms with Crippen LogP contribution < -0.4 is 10.1 Å². The van der Waals surface area contributed by atoms with Crippen LogP contribution in [0.15, 0.2) is 71.9 Å². The Balaban J connectivity index is 1.58. The van der Waals surface area contributed by atoms with Crippen molar-refractivity contribution in [2.24, 2.45) is 0 Å². The fourth-order valence-corrected chi connectivity index (χ4v) is 5.84. The maximum Gasteiger partial charge on any atom is 0.272 e. The highest BCUT2D eigenvalue weighted by molar-refractivity contribution is 7.89. The molecule has 13 nitrogen and oxygen atoms in total. The largest absolute Gasteiger partial charge is 0.437 e. The Kier molecular flexibility index (Phi) is 8.24. The van der Waals surface area contributed by atoms with Crippen molar-refractivity contribution >= 4 is 21.6 Å². The number of ether oxygens (including phenoxy) is 2. The summed E-state index contributed by atoms with van der Waals surface area (Å²) in [7, 11) is -4.27. The molecule has 0 aliphatic carbocycles. The summed E-state index contributed by atoms with van der Waals surface area (Å²) in [5, 5.41) is 18.6. The van der Waals surface area contributed by atoms with E-state index in [1.807, 2.05) is 0 Å². The Bertz CT molecular complexity index is 1740. The molecule has 2 aromatic carbocycles. The van der Waals surface area contributed by atoms with Gasteiger partial charge in [0.25, 0.3) is 11.6 Å². The first-order chi connectivity index (χ1) is 20.1. The van der Waals surface area contributed by atoms with Crippen molar-refractivity contribution in [2.45, 2.75) is 18.4 Å². The third-order valence-corrected chi connectivity index (χ3v) is 8.36. The smallest absolute Gasteiger partial charge is 0.272 e. The van der Waals surface area contributed by atoms with Gasteiger partial charge < -0.3 is 14.8 Å². The van der Waals surface area contributed by atoms with Gasteiger partial charge in [0, 0.05) is 49.7 Å². The van der Waals surface area contributed by atoms with Crippen molar-refractivity contribution in [3.8, 4) is 17.3 Å². The number of amides is 1. The number of nitro groups is 1. The van der Waals surface area contributed by atoms with Crippen molar-refractivity contribution in [1.82, 2.24) is 24.4 Å². The second kappa shape index (κ2) is 12.0. The molecule has 1 aliphatic heterocycles. The minimum Gasteiger partial charge on any atom is -0.437 e. The van der Waals surface area contributed by atoms with Crippen molar-refractivity contribution in [3.63, 3.8) is 0 Å². The van der Waals surface area contributed by atoms with Crippen molar-refractivity contribution < 1.29 is 32.0 Å². The van der Waals surface area contributed by atoms with Crippen LogP contribution in [0.2, 0.25) is 0 Å². The summed E-state index contributed by atoms with van der Waals surface area (Å²) >= 11 is 0. The first-order valence-corrected chi connectivity index (χ1v) is 14.2. The molecular weight excluding hydrogens is 571 g/mol. The Hall–Kier alpha value is -4.73. The second-order valence-corrected chi connectivity index (χ2v) is 11.1. The number of carbonyl (C=O) groups is 1. The number of nitrogens with one attached hydrogen (secondary N) is 1. The molecule has 2 aromatic heterocycles. The van der Waals surface area contributed by atoms with Crippen LogP contribution in [0, 0.1) is 22.9 Å². The topological polar surface area (TPSA) is 159 Å². The molecule has 0 saturated carbocycles. The van der Waals surface area contributed by atoms with E-state index in [1.165, 1.54) is 22.9 Å². The Morgan fingerprint density at radius 2 is 1.95 bits per heavy atom. The summed E-state index contributed by atoms with van der Waals surface area (Å²) < 4.78 is 55.1. The lowest BCUT2D eigenvalue weighted by molar-refractivity contribution is -0.385. The molecule has 0 radical (unpaired) electrons. The minimum atomic E-state index is -4.27. The molecule has 0 spiro atoms. The number of halogens is 1. The zero-order valence-electron chi connectivity index (χ0n) is 22.3. The van der Waals surface area contributed by atoms with Crippen LogP contribution in [0.4, 0.5) is 10.1 Å². The molecule has 15 heteroatoms. The predicted molar refractivity (Wildman–Crippen MR) is 146 cm³/mol. The average molecular weight is 597 g/mol. The Morgan fingerprint density at radius 3 is 2.64 bits per heavy atom. The first kappa shape index (κ1) is 28.8. The van der Waals surface area contributed by atoms with Gasteiger partial charge >= 0.3 is 0 Å². The molecule has 1 amide bonds. The number of nitro benzene ring substituents is 1. The van der Waals surface area contributed by atoms with E-state index in [-0.39, 0.29) is 61.4 Å². The fraction of sp³-hybridized carbons (Fsp3) is 0.222. The molecule has 1 aliphatic rings. The van der Waals surface area contributed by atoms with Crippen molar-refractivity contribution in [3.05, 3.63) is 99.7 Å². The number of morpholine rings is 1. The quantitative estimate of drug-likeness (QED) is 0.226. The predicted octanol–water partition coefficient (Wildman–Crippen LogP) is 3.37. The second-order valence-electron chi connectivity index (χ2n) is 9.22. The highest BCUT2D eigenvalue weighted by Gasteiger charge is 2.32. The number of sulfonamides is 1. The van der Waals surface area contributed by atoms with Gasteiger partial charge in [0.1, 0.15) is 16.5 Å². The SMILES string of the molecule is Cc1c(C(=O)NCc2cccnc2)nn(-c2cccc(F)c2)c1Oc1ccc([N+](=O)[O-])cc1S(=O)(=O)N1CCOCC1. The number of pyridine rings is 1. The van der Waals surface area contributed by atoms with E-state index in [9.17, 15) is 27.7 Å². The maximum atomic E-state index is 14.2. The standard InChI is InChI=1S/C27H25FN6O7S/c1-18-25(26(35)30-17-19-4-3-9-29-16-19)31-33(21-6-2-5-20(28)14-21)27(18)41-23-8-7-22(34(36)37)15-24(23)42(38,39)32-10-12-40-13-11-32/h2-9,14-16H,10-13,17H2,1H3,(H,30,35). The Labute approximate surface area is 239 Å². The molecule has 0 atom stereocenters. The van der Waals surface area contributed by atoms with Crippen LogP contribution >= 0.6 is 0 Å². The molecule has 1 saturated heterocycles. The van der Waals surface area contributed by atoms with E-state index < -0.39 is 37.3 Å². The summed E-state index contributed by atoms with van der Waals surface area (Å²) in [6.45, 7) is 2.11. The van der Waals surface area contributed by atoms with E-state index in [0.29, 0.717) is 0 Å². The van der Waals surface area contributed by atoms with Gasteiger partial charge in [-0.3, -0.25) is 19.9 Å². The van der Waals surface area contributed by atoms with Gasteiger partial charge in [-0.2, -0.15) is 14.1 Å². The van der Waals surface area contributed by atoms with Crippen LogP contribution in [0.1, 0.15) is 21.6 Å². The zero-order chi connectivity index (χ0) is 29.9. The normalized spacial score (nSPS) is 14.0. The molecule has 0 unspecified atom stereocenters. The number of hydrogen-bond donors (Lipinski definition) is 1. The van der Waals surface area contributed by atoms with E-state index in [0.717, 1.165) is 34.1 Å². The van der Waals surface area contributed by atoms with Gasteiger partial charge in [-0.05, 0) is 42.8 Å². The molecule has 0 bridgehead atoms. The van der Waals surface area contributed by atoms with Crippen LogP contribution in [0.5, 0.6) is 11.6 Å². The molecule has 5 rings (SSSR count). The van der Waals surface area contributed by atoms with E-state index in [1.54, 1.807) is 31.5 Å². The lowest BCUT2D eigenvalue weighted by Crippen LogP contribution is -2.40. The minimum absolute atomic E-state index is 0.0476. The van der Waals surface area contributed by atoms with Gasteiger partial charge in [-0.1, -0.05) is 12.1 Å².